The van der Waals surface area contributed by atoms with E-state index in [1.807, 2.05) is 14.1 Å². The third-order valence-corrected chi connectivity index (χ3v) is 0.548. The maximum atomic E-state index is 2.12. The van der Waals surface area contributed by atoms with E-state index in [1.54, 1.807) is 0 Å². The van der Waals surface area contributed by atoms with Gasteiger partial charge in [-0.15, -0.1) is 0 Å². The predicted molar refractivity (Wildman–Crippen MR) is 28.5 cm³/mol. The molecule has 0 bridgehead atoms. The van der Waals surface area contributed by atoms with Gasteiger partial charge in [0, 0.05) is 6.42 Å². The van der Waals surface area contributed by atoms with Crippen LogP contribution in [0.2, 0.25) is 0 Å². The molecule has 6 heavy (non-hydrogen) atoms. The first-order chi connectivity index (χ1) is 2.77. The van der Waals surface area contributed by atoms with E-state index in [0.29, 0.717) is 0 Å². The van der Waals surface area contributed by atoms with Crippen molar-refractivity contribution >= 4 is 6.21 Å². The molecular weight excluding hydrogens is 75.1 g/mol. The molecule has 36 valence electrons. The van der Waals surface area contributed by atoms with Crippen molar-refractivity contribution in [3.8, 4) is 0 Å². The van der Waals surface area contributed by atoms with Gasteiger partial charge in [0.1, 0.15) is 20.3 Å². The molecule has 0 unspecified atom stereocenters. The maximum absolute atomic E-state index is 2.12. The van der Waals surface area contributed by atoms with Gasteiger partial charge in [0.25, 0.3) is 0 Å². The van der Waals surface area contributed by atoms with Gasteiger partial charge in [-0.1, -0.05) is 6.92 Å². The van der Waals surface area contributed by atoms with Gasteiger partial charge in [-0.05, 0) is 0 Å². The Labute approximate surface area is 39.3 Å². The van der Waals surface area contributed by atoms with Gasteiger partial charge in [0.15, 0.2) is 0 Å². The molecule has 0 atom stereocenters. The van der Waals surface area contributed by atoms with E-state index >= 15 is 0 Å². The van der Waals surface area contributed by atoms with Crippen LogP contribution in [0.1, 0.15) is 13.3 Å². The van der Waals surface area contributed by atoms with Crippen LogP contribution in [0.5, 0.6) is 0 Å². The van der Waals surface area contributed by atoms with Crippen molar-refractivity contribution in [1.29, 1.82) is 0 Å². The normalized spacial score (nSPS) is 7.83. The summed E-state index contributed by atoms with van der Waals surface area (Å²) in [6.45, 7) is 2.12. The van der Waals surface area contributed by atoms with Crippen LogP contribution < -0.4 is 0 Å². The standard InChI is InChI=1S/C5H12N/c1-4-5-6(2)3/h5H,4H2,1-3H3/q+1/i1+1. The summed E-state index contributed by atoms with van der Waals surface area (Å²) in [5.41, 5.74) is 0. The fraction of sp³-hybridized carbons (Fsp3) is 0.800. The van der Waals surface area contributed by atoms with Crippen LogP contribution in [0.15, 0.2) is 0 Å². The van der Waals surface area contributed by atoms with Crippen molar-refractivity contribution in [2.24, 2.45) is 0 Å². The van der Waals surface area contributed by atoms with Gasteiger partial charge in [-0.25, -0.2) is 4.58 Å². The van der Waals surface area contributed by atoms with E-state index in [-0.39, 0.29) is 0 Å². The third kappa shape index (κ3) is 3.67. The zero-order valence-corrected chi connectivity index (χ0v) is 4.73. The van der Waals surface area contributed by atoms with Gasteiger partial charge in [0.2, 0.25) is 0 Å². The maximum Gasteiger partial charge on any atom is 0.138 e. The lowest BCUT2D eigenvalue weighted by Crippen LogP contribution is -1.95. The van der Waals surface area contributed by atoms with Crippen LogP contribution in [0, 0.1) is 0 Å². The van der Waals surface area contributed by atoms with E-state index < -0.39 is 0 Å². The average molecular weight is 87.2 g/mol. The highest BCUT2D eigenvalue weighted by Crippen LogP contribution is 1.61. The Morgan fingerprint density at radius 3 is 2.00 bits per heavy atom. The molecule has 0 heterocycles. The molecule has 0 spiro atoms. The molecule has 0 aromatic heterocycles. The van der Waals surface area contributed by atoms with E-state index in [4.69, 9.17) is 0 Å². The summed E-state index contributed by atoms with van der Waals surface area (Å²) < 4.78 is 2.06. The van der Waals surface area contributed by atoms with Gasteiger partial charge in [-0.2, -0.15) is 0 Å². The monoisotopic (exact) mass is 87.1 g/mol. The molecule has 0 N–H and O–H groups in total. The molecule has 0 aliphatic rings. The van der Waals surface area contributed by atoms with E-state index in [1.165, 1.54) is 0 Å². The summed E-state index contributed by atoms with van der Waals surface area (Å²) >= 11 is 0. The molecule has 1 nitrogen and oxygen atoms in total. The zero-order valence-electron chi connectivity index (χ0n) is 4.73. The quantitative estimate of drug-likeness (QED) is 0.252. The zero-order chi connectivity index (χ0) is 4.99. The number of rotatable bonds is 1. The van der Waals surface area contributed by atoms with Crippen LogP contribution in [0.25, 0.3) is 0 Å². The van der Waals surface area contributed by atoms with Crippen molar-refractivity contribution in [1.82, 2.24) is 0 Å². The molecule has 0 saturated carbocycles. The Morgan fingerprint density at radius 1 is 1.50 bits per heavy atom. The van der Waals surface area contributed by atoms with Gasteiger partial charge >= 0.3 is 0 Å². The highest BCUT2D eigenvalue weighted by molar-refractivity contribution is 5.49. The Bertz CT molecular complexity index is 51.0. The number of hydrogen-bond donors (Lipinski definition) is 0. The lowest BCUT2D eigenvalue weighted by Gasteiger charge is -1.76. The fourth-order valence-electron chi connectivity index (χ4n) is 0.365. The molecule has 0 radical (unpaired) electrons. The van der Waals surface area contributed by atoms with Crippen molar-refractivity contribution in [3.63, 3.8) is 0 Å². The molecule has 1 heteroatoms. The molecule has 0 aromatic carbocycles. The highest BCUT2D eigenvalue weighted by atomic mass is 14.9. The highest BCUT2D eigenvalue weighted by Gasteiger charge is 1.72. The smallest absolute Gasteiger partial charge is 0.138 e. The summed E-state index contributed by atoms with van der Waals surface area (Å²) in [5, 5.41) is 0. The van der Waals surface area contributed by atoms with E-state index in [0.717, 1.165) is 6.42 Å². The second-order valence-electron chi connectivity index (χ2n) is 1.55. The Kier molecular flexibility index (Phi) is 2.73. The summed E-state index contributed by atoms with van der Waals surface area (Å²) in [4.78, 5) is 0. The first kappa shape index (κ1) is 5.67. The van der Waals surface area contributed by atoms with Crippen LogP contribution >= 0.6 is 0 Å². The average Bonchev–Trinajstić information content (AvgIpc) is 1.35. The molecule has 0 saturated heterocycles. The van der Waals surface area contributed by atoms with Gasteiger partial charge in [-0.3, -0.25) is 0 Å². The number of nitrogens with zero attached hydrogens (tertiary/aromatic N) is 1. The minimum atomic E-state index is 1.13. The van der Waals surface area contributed by atoms with Gasteiger partial charge in [0.05, 0.1) is 0 Å². The molecule has 0 aromatic rings. The Hall–Kier alpha value is -0.330. The third-order valence-electron chi connectivity index (χ3n) is 0.548. The topological polar surface area (TPSA) is 3.01 Å². The van der Waals surface area contributed by atoms with Crippen LogP contribution in [0.4, 0.5) is 0 Å². The van der Waals surface area contributed by atoms with Crippen molar-refractivity contribution < 1.29 is 4.58 Å². The molecule has 0 fully saturated rings. The Balaban J connectivity index is 3.14. The van der Waals surface area contributed by atoms with E-state index in [9.17, 15) is 0 Å². The van der Waals surface area contributed by atoms with Gasteiger partial charge < -0.3 is 0 Å². The molecule has 0 aliphatic carbocycles. The SMILES string of the molecule is C[N+](C)=CC[13CH3]. The van der Waals surface area contributed by atoms with Crippen LogP contribution in [0.3, 0.4) is 0 Å². The summed E-state index contributed by atoms with van der Waals surface area (Å²) in [5.74, 6) is 0. The minimum Gasteiger partial charge on any atom is -0.245 e. The van der Waals surface area contributed by atoms with Crippen LogP contribution in [-0.2, 0) is 0 Å². The largest absolute Gasteiger partial charge is 0.245 e. The lowest BCUT2D eigenvalue weighted by atomic mass is 10.7. The first-order valence-electron chi connectivity index (χ1n) is 2.27. The predicted octanol–water partition coefficient (Wildman–Crippen LogP) is 0.739. The molecular formula is C5H12N+. The first-order valence-corrected chi connectivity index (χ1v) is 2.27. The summed E-state index contributed by atoms with van der Waals surface area (Å²) in [6, 6.07) is 0. The van der Waals surface area contributed by atoms with Crippen molar-refractivity contribution in [3.05, 3.63) is 0 Å². The summed E-state index contributed by atoms with van der Waals surface area (Å²) in [6.07, 6.45) is 3.26. The second-order valence-corrected chi connectivity index (χ2v) is 1.55. The van der Waals surface area contributed by atoms with Crippen LogP contribution in [-0.4, -0.2) is 24.9 Å². The molecule has 0 aliphatic heterocycles. The molecule has 0 amide bonds. The van der Waals surface area contributed by atoms with Crippen molar-refractivity contribution in [2.75, 3.05) is 14.1 Å². The van der Waals surface area contributed by atoms with E-state index in [2.05, 4.69) is 17.7 Å². The lowest BCUT2D eigenvalue weighted by molar-refractivity contribution is -0.460. The second kappa shape index (κ2) is 2.88. The van der Waals surface area contributed by atoms with Crippen molar-refractivity contribution in [2.45, 2.75) is 13.3 Å². The number of hydrogen-bond acceptors (Lipinski definition) is 0. The Morgan fingerprint density at radius 2 is 2.00 bits per heavy atom. The fourth-order valence-corrected chi connectivity index (χ4v) is 0.365. The molecule has 0 rings (SSSR count). The minimum absolute atomic E-state index is 1.13. The summed E-state index contributed by atoms with van der Waals surface area (Å²) in [7, 11) is 4.06.